The highest BCUT2D eigenvalue weighted by molar-refractivity contribution is 6.01. The van der Waals surface area contributed by atoms with Gasteiger partial charge in [-0.05, 0) is 55.6 Å². The Bertz CT molecular complexity index is 865. The molecule has 1 saturated heterocycles. The minimum Gasteiger partial charge on any atom is -0.464 e. The topological polar surface area (TPSA) is 41.6 Å². The molecule has 0 bridgehead atoms. The van der Waals surface area contributed by atoms with E-state index in [-0.39, 0.29) is 5.91 Å². The van der Waals surface area contributed by atoms with Gasteiger partial charge in [-0.15, -0.1) is 0 Å². The summed E-state index contributed by atoms with van der Waals surface area (Å²) in [5.41, 5.74) is 2.92. The van der Waals surface area contributed by atoms with Crippen molar-refractivity contribution in [3.63, 3.8) is 0 Å². The minimum atomic E-state index is -0.0386. The second-order valence-electron chi connectivity index (χ2n) is 7.47. The highest BCUT2D eigenvalue weighted by Gasteiger charge is 2.20. The third-order valence-electron chi connectivity index (χ3n) is 5.44. The first-order valence-corrected chi connectivity index (χ1v) is 9.96. The van der Waals surface area contributed by atoms with Crippen LogP contribution in [0.4, 0.5) is 0 Å². The van der Waals surface area contributed by atoms with E-state index in [1.807, 2.05) is 30.3 Å². The van der Waals surface area contributed by atoms with Crippen LogP contribution in [0.1, 0.15) is 24.0 Å². The summed E-state index contributed by atoms with van der Waals surface area (Å²) < 4.78 is 5.57. The first kappa shape index (κ1) is 18.5. The second-order valence-corrected chi connectivity index (χ2v) is 7.47. The van der Waals surface area contributed by atoms with Gasteiger partial charge in [0.2, 0.25) is 0 Å². The number of rotatable bonds is 5. The van der Waals surface area contributed by atoms with Crippen LogP contribution in [-0.2, 0) is 11.3 Å². The van der Waals surface area contributed by atoms with E-state index in [0.717, 1.165) is 50.3 Å². The van der Waals surface area contributed by atoms with E-state index in [0.29, 0.717) is 11.5 Å². The molecule has 0 radical (unpaired) electrons. The van der Waals surface area contributed by atoms with Crippen LogP contribution >= 0.6 is 0 Å². The highest BCUT2D eigenvalue weighted by Crippen LogP contribution is 2.24. The van der Waals surface area contributed by atoms with Gasteiger partial charge < -0.3 is 10.1 Å². The van der Waals surface area contributed by atoms with Gasteiger partial charge in [-0.25, -0.2) is 0 Å². The number of likely N-dealkylation sites (tertiary alicyclic amines) is 1. The largest absolute Gasteiger partial charge is 0.464 e. The minimum absolute atomic E-state index is 0.0386. The number of carbonyl (C=O) groups excluding carboxylic acids is 1. The Balaban J connectivity index is 1.26. The Morgan fingerprint density at radius 1 is 1.04 bits per heavy atom. The van der Waals surface area contributed by atoms with E-state index in [2.05, 4.69) is 40.5 Å². The van der Waals surface area contributed by atoms with E-state index < -0.39 is 0 Å². The summed E-state index contributed by atoms with van der Waals surface area (Å²) in [6.07, 6.45) is 7.44. The molecule has 2 aromatic rings. The van der Waals surface area contributed by atoms with Crippen molar-refractivity contribution >= 4 is 12.0 Å². The second kappa shape index (κ2) is 8.89. The lowest BCUT2D eigenvalue weighted by molar-refractivity contribution is -0.117. The molecule has 2 heterocycles. The Labute approximate surface area is 166 Å². The van der Waals surface area contributed by atoms with Gasteiger partial charge >= 0.3 is 0 Å². The maximum absolute atomic E-state index is 12.6. The van der Waals surface area contributed by atoms with Gasteiger partial charge in [0, 0.05) is 24.2 Å². The molecular weight excluding hydrogens is 348 g/mol. The van der Waals surface area contributed by atoms with Crippen molar-refractivity contribution in [2.45, 2.75) is 19.4 Å². The lowest BCUT2D eigenvalue weighted by atomic mass is 9.96. The maximum Gasteiger partial charge on any atom is 0.251 e. The summed E-state index contributed by atoms with van der Waals surface area (Å²) in [5.74, 6) is 1.27. The summed E-state index contributed by atoms with van der Waals surface area (Å²) in [7, 11) is 0. The van der Waals surface area contributed by atoms with Gasteiger partial charge in [0.15, 0.2) is 0 Å². The third-order valence-corrected chi connectivity index (χ3v) is 5.44. The van der Waals surface area contributed by atoms with E-state index >= 15 is 0 Å². The van der Waals surface area contributed by atoms with Crippen LogP contribution < -0.4 is 10.1 Å². The fraction of sp³-hybridized carbons (Fsp3) is 0.292. The summed E-state index contributed by atoms with van der Waals surface area (Å²) in [4.78, 5) is 15.1. The zero-order chi connectivity index (χ0) is 19.2. The summed E-state index contributed by atoms with van der Waals surface area (Å²) in [6.45, 7) is 3.90. The third kappa shape index (κ3) is 4.70. The molecule has 2 aliphatic heterocycles. The zero-order valence-corrected chi connectivity index (χ0v) is 16.0. The quantitative estimate of drug-likeness (QED) is 0.860. The molecule has 2 aliphatic rings. The molecule has 1 amide bonds. The molecule has 4 heteroatoms. The van der Waals surface area contributed by atoms with Gasteiger partial charge in [0.25, 0.3) is 5.91 Å². The lowest BCUT2D eigenvalue weighted by Crippen LogP contribution is -2.38. The Kier molecular flexibility index (Phi) is 5.88. The fourth-order valence-corrected chi connectivity index (χ4v) is 3.77. The van der Waals surface area contributed by atoms with Crippen molar-refractivity contribution in [2.75, 3.05) is 19.6 Å². The summed E-state index contributed by atoms with van der Waals surface area (Å²) >= 11 is 0. The van der Waals surface area contributed by atoms with Crippen molar-refractivity contribution in [1.29, 1.82) is 0 Å². The monoisotopic (exact) mass is 374 g/mol. The molecule has 0 atom stereocenters. The molecule has 1 N–H and O–H groups in total. The van der Waals surface area contributed by atoms with Gasteiger partial charge in [0.1, 0.15) is 5.75 Å². The number of benzene rings is 2. The molecule has 4 rings (SSSR count). The Hall–Kier alpha value is -2.85. The number of piperidine rings is 1. The molecule has 28 heavy (non-hydrogen) atoms. The van der Waals surface area contributed by atoms with Crippen molar-refractivity contribution in [3.8, 4) is 5.75 Å². The van der Waals surface area contributed by atoms with E-state index in [4.69, 9.17) is 4.74 Å². The molecule has 0 aliphatic carbocycles. The van der Waals surface area contributed by atoms with E-state index in [1.165, 1.54) is 5.56 Å². The summed E-state index contributed by atoms with van der Waals surface area (Å²) in [5, 5.41) is 3.11. The van der Waals surface area contributed by atoms with Crippen LogP contribution in [0.15, 0.2) is 72.5 Å². The molecule has 1 fully saturated rings. The number of ether oxygens (including phenoxy) is 1. The maximum atomic E-state index is 12.6. The number of carbonyl (C=O) groups is 1. The highest BCUT2D eigenvalue weighted by atomic mass is 16.5. The molecule has 4 nitrogen and oxygen atoms in total. The number of hydrogen-bond donors (Lipinski definition) is 1. The first-order valence-electron chi connectivity index (χ1n) is 9.96. The Morgan fingerprint density at radius 2 is 1.79 bits per heavy atom. The van der Waals surface area contributed by atoms with Crippen LogP contribution in [-0.4, -0.2) is 30.4 Å². The molecule has 2 aromatic carbocycles. The van der Waals surface area contributed by atoms with Crippen molar-refractivity contribution in [2.24, 2.45) is 5.92 Å². The van der Waals surface area contributed by atoms with Crippen molar-refractivity contribution in [3.05, 3.63) is 83.6 Å². The standard InChI is InChI=1S/C24H26N2O2/c27-24(22-12-15-28-23-9-5-4-8-21(23)16-22)25-17-19-10-13-26(14-11-19)18-20-6-2-1-3-7-20/h1-9,12,15-16,19H,10-11,13-14,17-18H2,(H,25,27). The number of hydrogen-bond acceptors (Lipinski definition) is 3. The predicted molar refractivity (Wildman–Crippen MR) is 112 cm³/mol. The number of fused-ring (bicyclic) bond motifs is 1. The molecule has 0 spiro atoms. The van der Waals surface area contributed by atoms with Crippen LogP contribution in [0, 0.1) is 5.92 Å². The summed E-state index contributed by atoms with van der Waals surface area (Å²) in [6, 6.07) is 18.3. The first-order chi connectivity index (χ1) is 13.8. The molecule has 144 valence electrons. The predicted octanol–water partition coefficient (Wildman–Crippen LogP) is 4.00. The van der Waals surface area contributed by atoms with Crippen molar-refractivity contribution < 1.29 is 9.53 Å². The SMILES string of the molecule is O=C(NCC1CCN(Cc2ccccc2)CC1)C1=Cc2ccccc2OC=C1. The number of para-hydroxylation sites is 1. The van der Waals surface area contributed by atoms with Gasteiger partial charge in [-0.3, -0.25) is 9.69 Å². The van der Waals surface area contributed by atoms with E-state index in [9.17, 15) is 4.79 Å². The van der Waals surface area contributed by atoms with Crippen molar-refractivity contribution in [1.82, 2.24) is 10.2 Å². The Morgan fingerprint density at radius 3 is 2.61 bits per heavy atom. The zero-order valence-electron chi connectivity index (χ0n) is 16.0. The van der Waals surface area contributed by atoms with Gasteiger partial charge in [-0.2, -0.15) is 0 Å². The number of amides is 1. The van der Waals surface area contributed by atoms with Crippen LogP contribution in [0.25, 0.3) is 6.08 Å². The molecule has 0 aromatic heterocycles. The number of nitrogens with zero attached hydrogens (tertiary/aromatic N) is 1. The van der Waals surface area contributed by atoms with E-state index in [1.54, 1.807) is 12.3 Å². The van der Waals surface area contributed by atoms with Gasteiger partial charge in [0.05, 0.1) is 6.26 Å². The average molecular weight is 374 g/mol. The molecule has 0 unspecified atom stereocenters. The average Bonchev–Trinajstić information content (AvgIpc) is 2.96. The molecule has 0 saturated carbocycles. The van der Waals surface area contributed by atoms with Crippen LogP contribution in [0.2, 0.25) is 0 Å². The van der Waals surface area contributed by atoms with Gasteiger partial charge in [-0.1, -0.05) is 48.5 Å². The van der Waals surface area contributed by atoms with Crippen LogP contribution in [0.5, 0.6) is 5.75 Å². The van der Waals surface area contributed by atoms with Crippen LogP contribution in [0.3, 0.4) is 0 Å². The number of nitrogens with one attached hydrogen (secondary N) is 1. The smallest absolute Gasteiger partial charge is 0.251 e. The fourth-order valence-electron chi connectivity index (χ4n) is 3.77. The molecular formula is C24H26N2O2. The normalized spacial score (nSPS) is 17.2. The lowest BCUT2D eigenvalue weighted by Gasteiger charge is -2.32.